The highest BCUT2D eigenvalue weighted by Crippen LogP contribution is 2.27. The van der Waals surface area contributed by atoms with Crippen LogP contribution in [0.1, 0.15) is 26.3 Å². The van der Waals surface area contributed by atoms with Crippen LogP contribution in [0.15, 0.2) is 29.1 Å². The van der Waals surface area contributed by atoms with E-state index in [-0.39, 0.29) is 16.9 Å². The van der Waals surface area contributed by atoms with Gasteiger partial charge in [0.2, 0.25) is 0 Å². The number of nitrogens with two attached hydrogens (primary N) is 1. The van der Waals surface area contributed by atoms with Crippen LogP contribution in [0.3, 0.4) is 0 Å². The van der Waals surface area contributed by atoms with Crippen molar-refractivity contribution in [3.8, 4) is 5.69 Å². The van der Waals surface area contributed by atoms with Crippen molar-refractivity contribution in [2.75, 3.05) is 43.9 Å². The summed E-state index contributed by atoms with van der Waals surface area (Å²) in [7, 11) is 2.11. The number of amides is 2. The molecule has 1 fully saturated rings. The van der Waals surface area contributed by atoms with Crippen LogP contribution in [-0.2, 0) is 0 Å². The Morgan fingerprint density at radius 2 is 1.70 bits per heavy atom. The number of pyridine rings is 1. The van der Waals surface area contributed by atoms with Crippen LogP contribution in [-0.4, -0.2) is 54.5 Å². The molecule has 1 aromatic carbocycles. The number of nitrogen functional groups attached to an aromatic ring is 1. The molecule has 0 aliphatic carbocycles. The second kappa shape index (κ2) is 6.24. The lowest BCUT2D eigenvalue weighted by Crippen LogP contribution is -2.44. The van der Waals surface area contributed by atoms with Gasteiger partial charge in [0.05, 0.1) is 16.8 Å². The average molecular weight is 367 g/mol. The number of hydrogen-bond donors (Lipinski definition) is 2. The largest absolute Gasteiger partial charge is 0.384 e. The number of imide groups is 1. The number of fused-ring (bicyclic) bond motifs is 1. The zero-order valence-electron chi connectivity index (χ0n) is 15.3. The molecule has 27 heavy (non-hydrogen) atoms. The molecular formula is C19H21N5O3. The van der Waals surface area contributed by atoms with E-state index in [1.165, 1.54) is 10.6 Å². The fourth-order valence-corrected chi connectivity index (χ4v) is 3.68. The number of rotatable bonds is 2. The maximum Gasteiger partial charge on any atom is 0.262 e. The van der Waals surface area contributed by atoms with E-state index in [1.54, 1.807) is 0 Å². The van der Waals surface area contributed by atoms with Crippen LogP contribution >= 0.6 is 0 Å². The van der Waals surface area contributed by atoms with Crippen molar-refractivity contribution < 1.29 is 9.59 Å². The van der Waals surface area contributed by atoms with E-state index in [9.17, 15) is 14.4 Å². The fraction of sp³-hybridized carbons (Fsp3) is 0.316. The van der Waals surface area contributed by atoms with E-state index in [0.29, 0.717) is 5.69 Å². The summed E-state index contributed by atoms with van der Waals surface area (Å²) < 4.78 is 1.29. The van der Waals surface area contributed by atoms with Gasteiger partial charge in [0.25, 0.3) is 17.4 Å². The van der Waals surface area contributed by atoms with Gasteiger partial charge in [-0.25, -0.2) is 0 Å². The Hall–Kier alpha value is -3.13. The van der Waals surface area contributed by atoms with Gasteiger partial charge in [-0.1, -0.05) is 0 Å². The molecule has 8 heteroatoms. The Bertz CT molecular complexity index is 1020. The molecule has 0 atom stereocenters. The number of aryl methyl sites for hydroxylation is 1. The fourth-order valence-electron chi connectivity index (χ4n) is 3.68. The average Bonchev–Trinajstić information content (AvgIpc) is 2.90. The first-order valence-electron chi connectivity index (χ1n) is 8.82. The Labute approximate surface area is 156 Å². The minimum atomic E-state index is -0.590. The Morgan fingerprint density at radius 1 is 1.00 bits per heavy atom. The van der Waals surface area contributed by atoms with E-state index in [2.05, 4.69) is 22.2 Å². The number of carbonyl (C=O) groups excluding carboxylic acids is 2. The molecule has 0 bridgehead atoms. The molecule has 2 aliphatic heterocycles. The minimum Gasteiger partial charge on any atom is -0.384 e. The molecule has 2 aliphatic rings. The molecule has 1 saturated heterocycles. The number of nitrogens with zero attached hydrogens (tertiary/aromatic N) is 3. The second-order valence-electron chi connectivity index (χ2n) is 7.04. The number of anilines is 2. The van der Waals surface area contributed by atoms with Gasteiger partial charge in [0.1, 0.15) is 5.82 Å². The molecule has 1 aromatic heterocycles. The minimum absolute atomic E-state index is 0.0173. The van der Waals surface area contributed by atoms with Gasteiger partial charge < -0.3 is 15.5 Å². The molecule has 2 amide bonds. The van der Waals surface area contributed by atoms with Gasteiger partial charge in [0, 0.05) is 37.9 Å². The first-order chi connectivity index (χ1) is 12.9. The normalized spacial score (nSPS) is 17.2. The van der Waals surface area contributed by atoms with Gasteiger partial charge in [0.15, 0.2) is 0 Å². The first-order valence-corrected chi connectivity index (χ1v) is 8.82. The van der Waals surface area contributed by atoms with E-state index in [0.717, 1.165) is 37.4 Å². The first kappa shape index (κ1) is 17.3. The van der Waals surface area contributed by atoms with Crippen LogP contribution in [0.4, 0.5) is 11.5 Å². The van der Waals surface area contributed by atoms with Gasteiger partial charge in [-0.05, 0) is 37.7 Å². The van der Waals surface area contributed by atoms with Gasteiger partial charge >= 0.3 is 0 Å². The summed E-state index contributed by atoms with van der Waals surface area (Å²) in [6.07, 6.45) is 0. The van der Waals surface area contributed by atoms with Crippen LogP contribution in [0.25, 0.3) is 5.69 Å². The van der Waals surface area contributed by atoms with E-state index < -0.39 is 17.4 Å². The maximum atomic E-state index is 12.6. The highest BCUT2D eigenvalue weighted by Gasteiger charge is 2.32. The topological polar surface area (TPSA) is 101 Å². The SMILES string of the molecule is Cc1cc(N2CCN(C)CC2)ccc1-n1c(N)c2c(cc1=O)C(=O)NC2=O. The van der Waals surface area contributed by atoms with Gasteiger partial charge in [-0.2, -0.15) is 0 Å². The molecule has 3 N–H and O–H groups in total. The molecule has 0 spiro atoms. The van der Waals surface area contributed by atoms with Crippen LogP contribution < -0.4 is 21.5 Å². The van der Waals surface area contributed by atoms with Crippen LogP contribution in [0.2, 0.25) is 0 Å². The van der Waals surface area contributed by atoms with Crippen molar-refractivity contribution in [2.24, 2.45) is 0 Å². The van der Waals surface area contributed by atoms with Gasteiger partial charge in [-0.3, -0.25) is 24.3 Å². The lowest BCUT2D eigenvalue weighted by Gasteiger charge is -2.34. The summed E-state index contributed by atoms with van der Waals surface area (Å²) in [5, 5.41) is 2.18. The predicted molar refractivity (Wildman–Crippen MR) is 103 cm³/mol. The molecule has 4 rings (SSSR count). The zero-order chi connectivity index (χ0) is 19.3. The molecule has 3 heterocycles. The lowest BCUT2D eigenvalue weighted by molar-refractivity contribution is 0.0880. The smallest absolute Gasteiger partial charge is 0.262 e. The Morgan fingerprint density at radius 3 is 2.37 bits per heavy atom. The molecular weight excluding hydrogens is 346 g/mol. The summed E-state index contributed by atoms with van der Waals surface area (Å²) in [5.74, 6) is -1.18. The number of nitrogens with one attached hydrogen (secondary N) is 1. The predicted octanol–water partition coefficient (Wildman–Crippen LogP) is 0.364. The summed E-state index contributed by atoms with van der Waals surface area (Å²) in [6.45, 7) is 5.79. The summed E-state index contributed by atoms with van der Waals surface area (Å²) in [6, 6.07) is 6.98. The van der Waals surface area contributed by atoms with Crippen LogP contribution in [0.5, 0.6) is 0 Å². The summed E-state index contributed by atoms with van der Waals surface area (Å²) in [5.41, 5.74) is 8.33. The third-order valence-electron chi connectivity index (χ3n) is 5.24. The Kier molecular flexibility index (Phi) is 4.00. The molecule has 0 radical (unpaired) electrons. The lowest BCUT2D eigenvalue weighted by atomic mass is 10.1. The standard InChI is InChI=1S/C19H21N5O3/c1-11-9-12(23-7-5-22(2)6-8-23)3-4-14(11)24-15(25)10-13-16(17(24)20)19(27)21-18(13)26/h3-4,9-10H,5-8,20H2,1-2H3,(H,21,26,27). The summed E-state index contributed by atoms with van der Waals surface area (Å²) >= 11 is 0. The number of aromatic nitrogens is 1. The number of benzene rings is 1. The van der Waals surface area contributed by atoms with E-state index in [4.69, 9.17) is 5.73 Å². The van der Waals surface area contributed by atoms with Crippen molar-refractivity contribution in [3.05, 3.63) is 51.3 Å². The highest BCUT2D eigenvalue weighted by molar-refractivity contribution is 6.23. The van der Waals surface area contributed by atoms with Crippen molar-refractivity contribution in [1.29, 1.82) is 0 Å². The second-order valence-corrected chi connectivity index (χ2v) is 7.04. The number of piperazine rings is 1. The molecule has 140 valence electrons. The van der Waals surface area contributed by atoms with Crippen molar-refractivity contribution >= 4 is 23.3 Å². The van der Waals surface area contributed by atoms with Crippen molar-refractivity contribution in [1.82, 2.24) is 14.8 Å². The third-order valence-corrected chi connectivity index (χ3v) is 5.24. The molecule has 0 unspecified atom stereocenters. The maximum absolute atomic E-state index is 12.6. The number of carbonyl (C=O) groups is 2. The van der Waals surface area contributed by atoms with Crippen LogP contribution in [0, 0.1) is 6.92 Å². The zero-order valence-corrected chi connectivity index (χ0v) is 15.3. The number of hydrogen-bond acceptors (Lipinski definition) is 6. The van der Waals surface area contributed by atoms with Crippen molar-refractivity contribution in [2.45, 2.75) is 6.92 Å². The Balaban J connectivity index is 1.77. The molecule has 2 aromatic rings. The van der Waals surface area contributed by atoms with E-state index >= 15 is 0 Å². The monoisotopic (exact) mass is 367 g/mol. The summed E-state index contributed by atoms with van der Waals surface area (Å²) in [4.78, 5) is 41.0. The van der Waals surface area contributed by atoms with Crippen molar-refractivity contribution in [3.63, 3.8) is 0 Å². The number of likely N-dealkylation sites (N-methyl/N-ethyl adjacent to an activating group) is 1. The molecule has 0 saturated carbocycles. The quantitative estimate of drug-likeness (QED) is 0.744. The van der Waals surface area contributed by atoms with Gasteiger partial charge in [-0.15, -0.1) is 0 Å². The van der Waals surface area contributed by atoms with E-state index in [1.807, 2.05) is 25.1 Å². The highest BCUT2D eigenvalue weighted by atomic mass is 16.2. The molecule has 8 nitrogen and oxygen atoms in total. The third kappa shape index (κ3) is 2.78.